The maximum absolute atomic E-state index is 10.6. The number of carbonyl (C=O) groups is 1. The summed E-state index contributed by atoms with van der Waals surface area (Å²) in [6.07, 6.45) is 1.63. The van der Waals surface area contributed by atoms with Crippen LogP contribution in [0.1, 0.15) is 0 Å². The van der Waals surface area contributed by atoms with Crippen LogP contribution in [0.2, 0.25) is 0 Å². The molecule has 76 valence electrons. The molecule has 6 N–H and O–H groups in total. The highest BCUT2D eigenvalue weighted by atomic mass is 32.2. The number of thioether (sulfide) groups is 1. The minimum Gasteiger partial charge on any atom is -0.384 e. The summed E-state index contributed by atoms with van der Waals surface area (Å²) in [4.78, 5) is 15.4. The Kier molecular flexibility index (Phi) is 3.73. The van der Waals surface area contributed by atoms with E-state index in [0.29, 0.717) is 11.6 Å². The van der Waals surface area contributed by atoms with Gasteiger partial charge in [-0.2, -0.15) is 0 Å². The fourth-order valence-corrected chi connectivity index (χ4v) is 1.57. The van der Waals surface area contributed by atoms with Gasteiger partial charge in [0, 0.05) is 16.8 Å². The van der Waals surface area contributed by atoms with Crippen LogP contribution in [0.25, 0.3) is 0 Å². The van der Waals surface area contributed by atoms with E-state index in [9.17, 15) is 4.79 Å². The van der Waals surface area contributed by atoms with Gasteiger partial charge in [-0.15, -0.1) is 11.8 Å². The van der Waals surface area contributed by atoms with Gasteiger partial charge in [0.15, 0.2) is 0 Å². The molecule has 0 aliphatic carbocycles. The van der Waals surface area contributed by atoms with Crippen LogP contribution < -0.4 is 17.2 Å². The third-order valence-corrected chi connectivity index (χ3v) is 2.65. The summed E-state index contributed by atoms with van der Waals surface area (Å²) in [5, 5.41) is 0. The zero-order valence-corrected chi connectivity index (χ0v) is 8.33. The SMILES string of the molecule is NC(=O)C(N)CSc1ccc(N)nc1. The van der Waals surface area contributed by atoms with Crippen molar-refractivity contribution in [3.05, 3.63) is 18.3 Å². The molecule has 1 aromatic rings. The van der Waals surface area contributed by atoms with Gasteiger partial charge < -0.3 is 17.2 Å². The number of nitrogen functional groups attached to an aromatic ring is 1. The smallest absolute Gasteiger partial charge is 0.235 e. The van der Waals surface area contributed by atoms with Crippen molar-refractivity contribution in [3.63, 3.8) is 0 Å². The van der Waals surface area contributed by atoms with Crippen molar-refractivity contribution in [1.29, 1.82) is 0 Å². The molecule has 0 saturated carbocycles. The number of hydrogen-bond acceptors (Lipinski definition) is 5. The first-order valence-electron chi connectivity index (χ1n) is 3.99. The average molecular weight is 212 g/mol. The number of pyridine rings is 1. The van der Waals surface area contributed by atoms with Crippen LogP contribution in [0.3, 0.4) is 0 Å². The molecule has 1 unspecified atom stereocenters. The molecule has 5 nitrogen and oxygen atoms in total. The molecular formula is C8H12N4OS. The van der Waals surface area contributed by atoms with Gasteiger partial charge in [-0.25, -0.2) is 4.98 Å². The highest BCUT2D eigenvalue weighted by Gasteiger charge is 2.09. The fourth-order valence-electron chi connectivity index (χ4n) is 0.745. The Morgan fingerprint density at radius 2 is 2.29 bits per heavy atom. The molecule has 0 radical (unpaired) electrons. The first-order chi connectivity index (χ1) is 6.59. The summed E-state index contributed by atoms with van der Waals surface area (Å²) < 4.78 is 0. The topological polar surface area (TPSA) is 108 Å². The molecule has 0 spiro atoms. The van der Waals surface area contributed by atoms with Crippen LogP contribution >= 0.6 is 11.8 Å². The zero-order chi connectivity index (χ0) is 10.6. The molecular weight excluding hydrogens is 200 g/mol. The van der Waals surface area contributed by atoms with E-state index in [0.717, 1.165) is 4.90 Å². The molecule has 6 heteroatoms. The van der Waals surface area contributed by atoms with Crippen LogP contribution in [-0.4, -0.2) is 22.7 Å². The van der Waals surface area contributed by atoms with E-state index in [1.165, 1.54) is 11.8 Å². The minimum absolute atomic E-state index is 0.445. The van der Waals surface area contributed by atoms with Crippen LogP contribution in [0, 0.1) is 0 Å². The number of amides is 1. The standard InChI is InChI=1S/C8H12N4OS/c9-6(8(11)13)4-14-5-1-2-7(10)12-3-5/h1-3,6H,4,9H2,(H2,10,12)(H2,11,13). The van der Waals surface area contributed by atoms with Crippen LogP contribution in [-0.2, 0) is 4.79 Å². The monoisotopic (exact) mass is 212 g/mol. The summed E-state index contributed by atoms with van der Waals surface area (Å²) in [6, 6.07) is 2.89. The summed E-state index contributed by atoms with van der Waals surface area (Å²) in [5.74, 6) is 0.412. The van der Waals surface area contributed by atoms with Crippen LogP contribution in [0.4, 0.5) is 5.82 Å². The van der Waals surface area contributed by atoms with E-state index >= 15 is 0 Å². The number of anilines is 1. The van der Waals surface area contributed by atoms with Crippen molar-refractivity contribution in [2.75, 3.05) is 11.5 Å². The second-order valence-electron chi connectivity index (χ2n) is 2.74. The van der Waals surface area contributed by atoms with Crippen LogP contribution in [0.5, 0.6) is 0 Å². The third kappa shape index (κ3) is 3.23. The lowest BCUT2D eigenvalue weighted by atomic mass is 10.3. The molecule has 1 rings (SSSR count). The number of nitrogens with two attached hydrogens (primary N) is 3. The average Bonchev–Trinajstić information content (AvgIpc) is 2.16. The normalized spacial score (nSPS) is 12.4. The van der Waals surface area contributed by atoms with Gasteiger partial charge in [0.05, 0.1) is 6.04 Å². The highest BCUT2D eigenvalue weighted by Crippen LogP contribution is 2.17. The van der Waals surface area contributed by atoms with Gasteiger partial charge in [-0.1, -0.05) is 0 Å². The lowest BCUT2D eigenvalue weighted by Gasteiger charge is -2.06. The van der Waals surface area contributed by atoms with E-state index in [-0.39, 0.29) is 0 Å². The first kappa shape index (κ1) is 10.8. The van der Waals surface area contributed by atoms with Gasteiger partial charge in [0.2, 0.25) is 5.91 Å². The first-order valence-corrected chi connectivity index (χ1v) is 4.97. The maximum Gasteiger partial charge on any atom is 0.235 e. The van der Waals surface area contributed by atoms with Crippen LogP contribution in [0.15, 0.2) is 23.2 Å². The number of rotatable bonds is 4. The third-order valence-electron chi connectivity index (χ3n) is 1.55. The molecule has 0 aromatic carbocycles. The fraction of sp³-hybridized carbons (Fsp3) is 0.250. The van der Waals surface area contributed by atoms with E-state index in [4.69, 9.17) is 17.2 Å². The number of hydrogen-bond donors (Lipinski definition) is 3. The van der Waals surface area contributed by atoms with Gasteiger partial charge in [-0.3, -0.25) is 4.79 Å². The van der Waals surface area contributed by atoms with Crippen molar-refractivity contribution in [1.82, 2.24) is 4.98 Å². The maximum atomic E-state index is 10.6. The molecule has 1 atom stereocenters. The number of aromatic nitrogens is 1. The Morgan fingerprint density at radius 3 is 2.79 bits per heavy atom. The molecule has 0 aliphatic rings. The Hall–Kier alpha value is -1.27. The second-order valence-corrected chi connectivity index (χ2v) is 3.83. The van der Waals surface area contributed by atoms with Gasteiger partial charge >= 0.3 is 0 Å². The van der Waals surface area contributed by atoms with Crippen molar-refractivity contribution in [2.24, 2.45) is 11.5 Å². The molecule has 1 amide bonds. The Morgan fingerprint density at radius 1 is 1.57 bits per heavy atom. The molecule has 0 saturated heterocycles. The number of carbonyl (C=O) groups excluding carboxylic acids is 1. The predicted octanol–water partition coefficient (Wildman–Crippen LogP) is -0.432. The zero-order valence-electron chi connectivity index (χ0n) is 7.51. The number of nitrogens with zero attached hydrogens (tertiary/aromatic N) is 1. The second kappa shape index (κ2) is 4.83. The summed E-state index contributed by atoms with van der Waals surface area (Å²) in [6.45, 7) is 0. The summed E-state index contributed by atoms with van der Waals surface area (Å²) >= 11 is 1.42. The lowest BCUT2D eigenvalue weighted by Crippen LogP contribution is -2.38. The number of primary amides is 1. The van der Waals surface area contributed by atoms with Gasteiger partial charge in [-0.05, 0) is 12.1 Å². The molecule has 0 bridgehead atoms. The van der Waals surface area contributed by atoms with Gasteiger partial charge in [0.25, 0.3) is 0 Å². The molecule has 0 fully saturated rings. The van der Waals surface area contributed by atoms with Crippen molar-refractivity contribution in [3.8, 4) is 0 Å². The minimum atomic E-state index is -0.627. The Labute approximate surface area is 86.1 Å². The van der Waals surface area contributed by atoms with E-state index in [1.54, 1.807) is 12.3 Å². The Balaban J connectivity index is 2.46. The highest BCUT2D eigenvalue weighted by molar-refractivity contribution is 7.99. The predicted molar refractivity (Wildman–Crippen MR) is 56.5 cm³/mol. The van der Waals surface area contributed by atoms with Crippen molar-refractivity contribution in [2.45, 2.75) is 10.9 Å². The lowest BCUT2D eigenvalue weighted by molar-refractivity contribution is -0.118. The van der Waals surface area contributed by atoms with Crippen molar-refractivity contribution >= 4 is 23.5 Å². The molecule has 1 aromatic heterocycles. The quantitative estimate of drug-likeness (QED) is 0.587. The van der Waals surface area contributed by atoms with Crippen molar-refractivity contribution < 1.29 is 4.79 Å². The van der Waals surface area contributed by atoms with E-state index in [2.05, 4.69) is 4.98 Å². The molecule has 1 heterocycles. The summed E-state index contributed by atoms with van der Waals surface area (Å²) in [7, 11) is 0. The van der Waals surface area contributed by atoms with E-state index < -0.39 is 11.9 Å². The summed E-state index contributed by atoms with van der Waals surface area (Å²) in [5.41, 5.74) is 15.9. The Bertz CT molecular complexity index is 314. The largest absolute Gasteiger partial charge is 0.384 e. The van der Waals surface area contributed by atoms with E-state index in [1.807, 2.05) is 6.07 Å². The molecule has 0 aliphatic heterocycles. The van der Waals surface area contributed by atoms with Gasteiger partial charge in [0.1, 0.15) is 5.82 Å². The molecule has 14 heavy (non-hydrogen) atoms.